The monoisotopic (exact) mass is 443 g/mol. The third-order valence-electron chi connectivity index (χ3n) is 4.69. The Bertz CT molecular complexity index is 897. The quantitative estimate of drug-likeness (QED) is 0.158. The summed E-state index contributed by atoms with van der Waals surface area (Å²) >= 11 is 0. The van der Waals surface area contributed by atoms with Crippen LogP contribution in [0.4, 0.5) is 0 Å². The minimum Gasteiger partial charge on any atom is -0.494 e. The Kier molecular flexibility index (Phi) is 10.1. The van der Waals surface area contributed by atoms with Crippen molar-refractivity contribution in [2.24, 2.45) is 0 Å². The maximum Gasteiger partial charge on any atom is 0.243 e. The van der Waals surface area contributed by atoms with Crippen molar-refractivity contribution in [2.45, 2.75) is 25.7 Å². The summed E-state index contributed by atoms with van der Waals surface area (Å²) in [5.74, 6) is 1.65. The molecule has 0 heterocycles. The number of unbranched alkanes of at least 4 members (excludes halogenated alkanes) is 2. The number of ether oxygens (including phenoxy) is 4. The SMILES string of the molecule is COc1cc(/C=C/C(=O)c2ccc(OCCCCCC(=O)NO)cc2)cc(OC)c1OC. The molecule has 0 saturated heterocycles. The van der Waals surface area contributed by atoms with Crippen molar-refractivity contribution in [2.75, 3.05) is 27.9 Å². The number of nitrogens with one attached hydrogen (secondary N) is 1. The first-order valence-corrected chi connectivity index (χ1v) is 10.2. The van der Waals surface area contributed by atoms with Gasteiger partial charge in [-0.3, -0.25) is 14.8 Å². The highest BCUT2D eigenvalue weighted by Gasteiger charge is 2.12. The van der Waals surface area contributed by atoms with Crippen molar-refractivity contribution in [3.05, 3.63) is 53.6 Å². The number of allylic oxidation sites excluding steroid dienone is 1. The van der Waals surface area contributed by atoms with E-state index in [1.54, 1.807) is 48.0 Å². The van der Waals surface area contributed by atoms with E-state index in [1.807, 2.05) is 0 Å². The minimum atomic E-state index is -0.384. The van der Waals surface area contributed by atoms with Crippen LogP contribution >= 0.6 is 0 Å². The number of methoxy groups -OCH3 is 3. The number of hydrogen-bond donors (Lipinski definition) is 2. The molecule has 0 aliphatic rings. The Morgan fingerprint density at radius 3 is 2.16 bits per heavy atom. The Labute approximate surface area is 187 Å². The number of hydrogen-bond acceptors (Lipinski definition) is 7. The molecule has 2 rings (SSSR count). The fourth-order valence-corrected chi connectivity index (χ4v) is 2.99. The van der Waals surface area contributed by atoms with Crippen LogP contribution in [0.2, 0.25) is 0 Å². The first-order chi connectivity index (χ1) is 15.5. The van der Waals surface area contributed by atoms with Gasteiger partial charge in [-0.25, -0.2) is 5.48 Å². The predicted molar refractivity (Wildman–Crippen MR) is 120 cm³/mol. The van der Waals surface area contributed by atoms with Gasteiger partial charge in [0.2, 0.25) is 11.7 Å². The molecule has 0 saturated carbocycles. The molecule has 2 aromatic carbocycles. The highest BCUT2D eigenvalue weighted by atomic mass is 16.5. The van der Waals surface area contributed by atoms with Gasteiger partial charge in [-0.15, -0.1) is 0 Å². The van der Waals surface area contributed by atoms with Crippen LogP contribution in [0.1, 0.15) is 41.6 Å². The summed E-state index contributed by atoms with van der Waals surface area (Å²) in [6.45, 7) is 0.509. The maximum atomic E-state index is 12.5. The first kappa shape index (κ1) is 24.7. The van der Waals surface area contributed by atoms with Gasteiger partial charge in [-0.1, -0.05) is 6.08 Å². The summed E-state index contributed by atoms with van der Waals surface area (Å²) in [5.41, 5.74) is 2.89. The molecule has 0 unspecified atom stereocenters. The number of amides is 1. The molecular formula is C24H29NO7. The van der Waals surface area contributed by atoms with Gasteiger partial charge in [-0.05, 0) is 67.3 Å². The number of benzene rings is 2. The number of rotatable bonds is 13. The minimum absolute atomic E-state index is 0.146. The second kappa shape index (κ2) is 13.0. The molecule has 8 nitrogen and oxygen atoms in total. The van der Waals surface area contributed by atoms with E-state index < -0.39 is 0 Å². The second-order valence-corrected chi connectivity index (χ2v) is 6.87. The molecule has 32 heavy (non-hydrogen) atoms. The number of hydroxylamine groups is 1. The van der Waals surface area contributed by atoms with Crippen molar-refractivity contribution >= 4 is 17.8 Å². The highest BCUT2D eigenvalue weighted by Crippen LogP contribution is 2.38. The smallest absolute Gasteiger partial charge is 0.243 e. The normalized spacial score (nSPS) is 10.6. The van der Waals surface area contributed by atoms with E-state index >= 15 is 0 Å². The van der Waals surface area contributed by atoms with Crippen LogP contribution in [-0.4, -0.2) is 44.8 Å². The van der Waals surface area contributed by atoms with Gasteiger partial charge in [0.15, 0.2) is 17.3 Å². The molecular weight excluding hydrogens is 414 g/mol. The van der Waals surface area contributed by atoms with Crippen molar-refractivity contribution in [3.8, 4) is 23.0 Å². The van der Waals surface area contributed by atoms with Gasteiger partial charge >= 0.3 is 0 Å². The zero-order chi connectivity index (χ0) is 23.3. The lowest BCUT2D eigenvalue weighted by molar-refractivity contribution is -0.129. The van der Waals surface area contributed by atoms with Crippen molar-refractivity contribution in [1.82, 2.24) is 5.48 Å². The summed E-state index contributed by atoms with van der Waals surface area (Å²) in [4.78, 5) is 23.4. The molecule has 0 spiro atoms. The molecule has 1 amide bonds. The molecule has 0 fully saturated rings. The molecule has 172 valence electrons. The van der Waals surface area contributed by atoms with Crippen LogP contribution in [0.15, 0.2) is 42.5 Å². The van der Waals surface area contributed by atoms with E-state index in [1.165, 1.54) is 27.4 Å². The Morgan fingerprint density at radius 1 is 0.938 bits per heavy atom. The van der Waals surface area contributed by atoms with E-state index in [-0.39, 0.29) is 18.1 Å². The standard InChI is InChI=1S/C24H29NO7/c1-29-21-15-17(16-22(30-2)24(21)31-3)8-13-20(26)18-9-11-19(12-10-18)32-14-6-4-5-7-23(27)25-28/h8-13,15-16,28H,4-7,14H2,1-3H3,(H,25,27)/b13-8+. The lowest BCUT2D eigenvalue weighted by Gasteiger charge is -2.12. The number of carbonyl (C=O) groups is 2. The van der Waals surface area contributed by atoms with E-state index in [2.05, 4.69) is 0 Å². The van der Waals surface area contributed by atoms with Crippen LogP contribution < -0.4 is 24.4 Å². The van der Waals surface area contributed by atoms with Gasteiger partial charge in [0.05, 0.1) is 27.9 Å². The van der Waals surface area contributed by atoms with E-state index in [0.29, 0.717) is 41.6 Å². The number of carbonyl (C=O) groups excluding carboxylic acids is 2. The molecule has 0 aliphatic carbocycles. The fourth-order valence-electron chi connectivity index (χ4n) is 2.99. The van der Waals surface area contributed by atoms with Gasteiger partial charge in [0.25, 0.3) is 0 Å². The van der Waals surface area contributed by atoms with E-state index in [4.69, 9.17) is 24.2 Å². The van der Waals surface area contributed by atoms with Crippen LogP contribution in [0.5, 0.6) is 23.0 Å². The Morgan fingerprint density at radius 2 is 1.59 bits per heavy atom. The average molecular weight is 443 g/mol. The predicted octanol–water partition coefficient (Wildman–Crippen LogP) is 4.05. The summed E-state index contributed by atoms with van der Waals surface area (Å²) < 4.78 is 21.6. The first-order valence-electron chi connectivity index (χ1n) is 10.2. The molecule has 2 aromatic rings. The van der Waals surface area contributed by atoms with Crippen LogP contribution in [-0.2, 0) is 4.79 Å². The second-order valence-electron chi connectivity index (χ2n) is 6.87. The Balaban J connectivity index is 1.90. The van der Waals surface area contributed by atoms with Crippen molar-refractivity contribution < 1.29 is 33.7 Å². The van der Waals surface area contributed by atoms with Crippen molar-refractivity contribution in [3.63, 3.8) is 0 Å². The summed E-state index contributed by atoms with van der Waals surface area (Å²) in [6, 6.07) is 10.4. The van der Waals surface area contributed by atoms with E-state index in [9.17, 15) is 9.59 Å². The van der Waals surface area contributed by atoms with Gasteiger partial charge in [-0.2, -0.15) is 0 Å². The van der Waals surface area contributed by atoms with Gasteiger partial charge < -0.3 is 18.9 Å². The van der Waals surface area contributed by atoms with Gasteiger partial charge in [0, 0.05) is 12.0 Å². The van der Waals surface area contributed by atoms with E-state index in [0.717, 1.165) is 18.4 Å². The summed E-state index contributed by atoms with van der Waals surface area (Å²) in [7, 11) is 4.61. The molecule has 0 radical (unpaired) electrons. The molecule has 0 aliphatic heterocycles. The van der Waals surface area contributed by atoms with Crippen LogP contribution in [0, 0.1) is 0 Å². The topological polar surface area (TPSA) is 103 Å². The largest absolute Gasteiger partial charge is 0.494 e. The lowest BCUT2D eigenvalue weighted by atomic mass is 10.1. The third kappa shape index (κ3) is 7.31. The zero-order valence-corrected chi connectivity index (χ0v) is 18.6. The average Bonchev–Trinajstić information content (AvgIpc) is 2.83. The van der Waals surface area contributed by atoms with Crippen LogP contribution in [0.3, 0.4) is 0 Å². The fraction of sp³-hybridized carbons (Fsp3) is 0.333. The van der Waals surface area contributed by atoms with Gasteiger partial charge in [0.1, 0.15) is 5.75 Å². The maximum absolute atomic E-state index is 12.5. The molecule has 0 aromatic heterocycles. The molecule has 0 bridgehead atoms. The Hall–Kier alpha value is -3.52. The molecule has 0 atom stereocenters. The zero-order valence-electron chi connectivity index (χ0n) is 18.6. The number of ketones is 1. The third-order valence-corrected chi connectivity index (χ3v) is 4.69. The molecule has 2 N–H and O–H groups in total. The van der Waals surface area contributed by atoms with Crippen molar-refractivity contribution in [1.29, 1.82) is 0 Å². The lowest BCUT2D eigenvalue weighted by Crippen LogP contribution is -2.17. The highest BCUT2D eigenvalue weighted by molar-refractivity contribution is 6.06. The summed E-state index contributed by atoms with van der Waals surface area (Å²) in [5, 5.41) is 8.43. The molecule has 8 heteroatoms. The summed E-state index contributed by atoms with van der Waals surface area (Å²) in [6.07, 6.45) is 5.75. The van der Waals surface area contributed by atoms with Crippen LogP contribution in [0.25, 0.3) is 6.08 Å².